The molecule has 4 heteroatoms. The molecule has 0 aromatic heterocycles. The normalized spacial score (nSPS) is 18.3. The van der Waals surface area contributed by atoms with Crippen molar-refractivity contribution >= 4 is 11.7 Å². The number of carbonyl (C=O) groups excluding carboxylic acids is 1. The van der Waals surface area contributed by atoms with E-state index in [2.05, 4.69) is 5.32 Å². The molecular weight excluding hydrogens is 290 g/mol. The molecule has 0 saturated carbocycles. The molecule has 1 unspecified atom stereocenters. The zero-order valence-electron chi connectivity index (χ0n) is 13.0. The van der Waals surface area contributed by atoms with Crippen LogP contribution in [0.15, 0.2) is 60.7 Å². The van der Waals surface area contributed by atoms with Crippen LogP contribution in [0.2, 0.25) is 0 Å². The third-order valence-electron chi connectivity index (χ3n) is 3.91. The predicted octanol–water partition coefficient (Wildman–Crippen LogP) is 3.39. The van der Waals surface area contributed by atoms with Gasteiger partial charge in [-0.3, -0.25) is 0 Å². The Labute approximate surface area is 136 Å². The van der Waals surface area contributed by atoms with Gasteiger partial charge in [0.1, 0.15) is 6.61 Å². The number of benzene rings is 2. The van der Waals surface area contributed by atoms with Crippen molar-refractivity contribution in [3.8, 4) is 0 Å². The highest BCUT2D eigenvalue weighted by atomic mass is 16.5. The quantitative estimate of drug-likeness (QED) is 0.831. The summed E-state index contributed by atoms with van der Waals surface area (Å²) in [7, 11) is 0. The van der Waals surface area contributed by atoms with Gasteiger partial charge in [0, 0.05) is 12.3 Å². The fourth-order valence-corrected chi connectivity index (χ4v) is 2.70. The Morgan fingerprint density at radius 3 is 2.48 bits per heavy atom. The zero-order chi connectivity index (χ0) is 15.9. The van der Waals surface area contributed by atoms with E-state index >= 15 is 0 Å². The Kier molecular flexibility index (Phi) is 5.27. The number of hydrogen-bond acceptors (Lipinski definition) is 4. The van der Waals surface area contributed by atoms with Gasteiger partial charge in [-0.2, -0.15) is 0 Å². The molecule has 4 nitrogen and oxygen atoms in total. The predicted molar refractivity (Wildman–Crippen MR) is 89.1 cm³/mol. The number of ether oxygens (including phenoxy) is 2. The largest absolute Gasteiger partial charge is 0.459 e. The van der Waals surface area contributed by atoms with Gasteiger partial charge in [-0.05, 0) is 30.5 Å². The molecule has 1 aliphatic heterocycles. The minimum absolute atomic E-state index is 0.140. The van der Waals surface area contributed by atoms with Gasteiger partial charge in [0.25, 0.3) is 0 Å². The van der Waals surface area contributed by atoms with E-state index in [1.165, 1.54) is 0 Å². The highest BCUT2D eigenvalue weighted by Gasteiger charge is 2.33. The van der Waals surface area contributed by atoms with Crippen molar-refractivity contribution in [3.63, 3.8) is 0 Å². The first-order valence-electron chi connectivity index (χ1n) is 7.97. The van der Waals surface area contributed by atoms with Gasteiger partial charge in [-0.15, -0.1) is 0 Å². The van der Waals surface area contributed by atoms with Crippen LogP contribution >= 0.6 is 0 Å². The van der Waals surface area contributed by atoms with Gasteiger partial charge in [0.2, 0.25) is 0 Å². The smallest absolute Gasteiger partial charge is 0.331 e. The maximum absolute atomic E-state index is 12.5. The van der Waals surface area contributed by atoms with Crippen molar-refractivity contribution in [1.29, 1.82) is 0 Å². The van der Waals surface area contributed by atoms with Gasteiger partial charge >= 0.3 is 5.97 Å². The number of rotatable bonds is 6. The summed E-state index contributed by atoms with van der Waals surface area (Å²) in [6, 6.07) is 18.9. The molecule has 2 atom stereocenters. The van der Waals surface area contributed by atoms with Crippen molar-refractivity contribution in [2.24, 2.45) is 0 Å². The van der Waals surface area contributed by atoms with E-state index in [1.807, 2.05) is 60.7 Å². The lowest BCUT2D eigenvalue weighted by Gasteiger charge is -2.23. The topological polar surface area (TPSA) is 47.6 Å². The van der Waals surface area contributed by atoms with E-state index in [1.54, 1.807) is 0 Å². The highest BCUT2D eigenvalue weighted by molar-refractivity contribution is 5.80. The Hall–Kier alpha value is -2.33. The van der Waals surface area contributed by atoms with Crippen LogP contribution in [-0.4, -0.2) is 24.7 Å². The van der Waals surface area contributed by atoms with E-state index in [0.29, 0.717) is 6.61 Å². The standard InChI is InChI=1S/C19H21NO3/c21-19(23-14-15-8-3-1-4-9-15)18(17-12-7-13-22-17)20-16-10-5-2-6-11-16/h1-6,8-11,17-18,20H,7,12-14H2/t17?,18-/m0/s1. The Morgan fingerprint density at radius 1 is 1.13 bits per heavy atom. The maximum atomic E-state index is 12.5. The number of carbonyl (C=O) groups is 1. The maximum Gasteiger partial charge on any atom is 0.331 e. The number of nitrogens with one attached hydrogen (secondary N) is 1. The molecule has 0 spiro atoms. The Morgan fingerprint density at radius 2 is 1.83 bits per heavy atom. The van der Waals surface area contributed by atoms with Crippen molar-refractivity contribution in [2.75, 3.05) is 11.9 Å². The Bertz CT molecular complexity index is 609. The lowest BCUT2D eigenvalue weighted by Crippen LogP contribution is -2.41. The van der Waals surface area contributed by atoms with Gasteiger partial charge in [0.15, 0.2) is 6.04 Å². The third-order valence-corrected chi connectivity index (χ3v) is 3.91. The first-order valence-corrected chi connectivity index (χ1v) is 7.97. The highest BCUT2D eigenvalue weighted by Crippen LogP contribution is 2.20. The van der Waals surface area contributed by atoms with E-state index in [4.69, 9.17) is 9.47 Å². The molecule has 1 heterocycles. The third kappa shape index (κ3) is 4.33. The van der Waals surface area contributed by atoms with Crippen LogP contribution in [-0.2, 0) is 20.9 Å². The second kappa shape index (κ2) is 7.79. The minimum atomic E-state index is -0.483. The van der Waals surface area contributed by atoms with Crippen LogP contribution in [0.25, 0.3) is 0 Å². The van der Waals surface area contributed by atoms with Crippen molar-refractivity contribution in [2.45, 2.75) is 31.6 Å². The fourth-order valence-electron chi connectivity index (χ4n) is 2.70. The summed E-state index contributed by atoms with van der Waals surface area (Å²) in [4.78, 5) is 12.5. The van der Waals surface area contributed by atoms with Crippen LogP contribution in [0.5, 0.6) is 0 Å². The van der Waals surface area contributed by atoms with Gasteiger partial charge < -0.3 is 14.8 Å². The summed E-state index contributed by atoms with van der Waals surface area (Å²) >= 11 is 0. The second-order valence-corrected chi connectivity index (χ2v) is 5.63. The first-order chi connectivity index (χ1) is 11.3. The Balaban J connectivity index is 1.65. The van der Waals surface area contributed by atoms with Gasteiger partial charge in [-0.1, -0.05) is 48.5 Å². The number of anilines is 1. The SMILES string of the molecule is O=C(OCc1ccccc1)[C@@H](Nc1ccccc1)C1CCCO1. The minimum Gasteiger partial charge on any atom is -0.459 e. The summed E-state index contributed by atoms with van der Waals surface area (Å²) in [5, 5.41) is 3.26. The van der Waals surface area contributed by atoms with E-state index in [-0.39, 0.29) is 18.7 Å². The number of para-hydroxylation sites is 1. The summed E-state index contributed by atoms with van der Waals surface area (Å²) in [5.41, 5.74) is 1.87. The molecule has 1 fully saturated rings. The molecule has 1 aliphatic rings. The fraction of sp³-hybridized carbons (Fsp3) is 0.316. The lowest BCUT2D eigenvalue weighted by molar-refractivity contribution is -0.148. The van der Waals surface area contributed by atoms with Crippen LogP contribution in [0.4, 0.5) is 5.69 Å². The van der Waals surface area contributed by atoms with E-state index < -0.39 is 6.04 Å². The van der Waals surface area contributed by atoms with Crippen LogP contribution in [0, 0.1) is 0 Å². The first kappa shape index (κ1) is 15.6. The van der Waals surface area contributed by atoms with Gasteiger partial charge in [-0.25, -0.2) is 4.79 Å². The van der Waals surface area contributed by atoms with Crippen molar-refractivity contribution < 1.29 is 14.3 Å². The molecule has 23 heavy (non-hydrogen) atoms. The molecular formula is C19H21NO3. The van der Waals surface area contributed by atoms with Gasteiger partial charge in [0.05, 0.1) is 6.10 Å². The molecule has 1 saturated heterocycles. The molecule has 2 aromatic rings. The molecule has 0 radical (unpaired) electrons. The summed E-state index contributed by atoms with van der Waals surface area (Å²) < 4.78 is 11.2. The molecule has 1 N–H and O–H groups in total. The average Bonchev–Trinajstić information content (AvgIpc) is 3.14. The van der Waals surface area contributed by atoms with Crippen LogP contribution in [0.1, 0.15) is 18.4 Å². The van der Waals surface area contributed by atoms with Crippen molar-refractivity contribution in [1.82, 2.24) is 0 Å². The summed E-state index contributed by atoms with van der Waals surface area (Å²) in [6.07, 6.45) is 1.70. The molecule has 120 valence electrons. The summed E-state index contributed by atoms with van der Waals surface area (Å²) in [5.74, 6) is -0.274. The summed E-state index contributed by atoms with van der Waals surface area (Å²) in [6.45, 7) is 0.975. The molecule has 0 aliphatic carbocycles. The van der Waals surface area contributed by atoms with E-state index in [0.717, 1.165) is 24.1 Å². The monoisotopic (exact) mass is 311 g/mol. The van der Waals surface area contributed by atoms with Crippen LogP contribution < -0.4 is 5.32 Å². The molecule has 0 bridgehead atoms. The number of esters is 1. The number of hydrogen-bond donors (Lipinski definition) is 1. The van der Waals surface area contributed by atoms with E-state index in [9.17, 15) is 4.79 Å². The molecule has 3 rings (SSSR count). The van der Waals surface area contributed by atoms with Crippen molar-refractivity contribution in [3.05, 3.63) is 66.2 Å². The lowest BCUT2D eigenvalue weighted by atomic mass is 10.1. The molecule has 0 amide bonds. The molecule has 2 aromatic carbocycles. The zero-order valence-corrected chi connectivity index (χ0v) is 13.0. The van der Waals surface area contributed by atoms with Crippen LogP contribution in [0.3, 0.4) is 0 Å². The average molecular weight is 311 g/mol. The second-order valence-electron chi connectivity index (χ2n) is 5.63.